The van der Waals surface area contributed by atoms with Gasteiger partial charge in [-0.25, -0.2) is 0 Å². The van der Waals surface area contributed by atoms with E-state index in [1.54, 1.807) is 10.9 Å². The van der Waals surface area contributed by atoms with Crippen LogP contribution in [0.5, 0.6) is 0 Å². The second kappa shape index (κ2) is 3.99. The average Bonchev–Trinajstić information content (AvgIpc) is 2.70. The van der Waals surface area contributed by atoms with Gasteiger partial charge in [0.25, 0.3) is 0 Å². The second-order valence-corrected chi connectivity index (χ2v) is 9.13. The van der Waals surface area contributed by atoms with Crippen molar-refractivity contribution in [3.63, 3.8) is 0 Å². The predicted molar refractivity (Wildman–Crippen MR) is 82.0 cm³/mol. The zero-order valence-electron chi connectivity index (χ0n) is 13.5. The molecule has 0 spiro atoms. The fraction of sp³-hybridized carbons (Fsp3) is 0.778. The summed E-state index contributed by atoms with van der Waals surface area (Å²) in [4.78, 5) is 12.7. The van der Waals surface area contributed by atoms with Crippen LogP contribution in [-0.2, 0) is 7.05 Å². The van der Waals surface area contributed by atoms with E-state index in [0.717, 1.165) is 17.9 Å². The second-order valence-electron chi connectivity index (χ2n) is 9.13. The number of aromatic nitrogens is 2. The van der Waals surface area contributed by atoms with Gasteiger partial charge in [0.1, 0.15) is 0 Å². The first kappa shape index (κ1) is 13.5. The molecule has 4 aliphatic rings. The molecule has 3 heteroatoms. The Kier molecular flexibility index (Phi) is 2.57. The van der Waals surface area contributed by atoms with E-state index in [0.29, 0.717) is 16.6 Å². The zero-order chi connectivity index (χ0) is 14.9. The lowest BCUT2D eigenvalue weighted by molar-refractivity contribution is -0.143. The molecule has 3 nitrogen and oxygen atoms in total. The van der Waals surface area contributed by atoms with Gasteiger partial charge >= 0.3 is 0 Å². The molecule has 4 bridgehead atoms. The Bertz CT molecular complexity index is 584. The number of carbonyl (C=O) groups excluding carboxylic acids is 1. The first-order valence-corrected chi connectivity index (χ1v) is 8.31. The monoisotopic (exact) mass is 286 g/mol. The third-order valence-corrected chi connectivity index (χ3v) is 6.30. The van der Waals surface area contributed by atoms with Gasteiger partial charge in [0, 0.05) is 19.7 Å². The number of Topliss-reactive ketones (excluding diaryl/α,β-unsaturated/α-hetero) is 1. The number of carbonyl (C=O) groups is 1. The summed E-state index contributed by atoms with van der Waals surface area (Å²) in [7, 11) is 1.88. The third kappa shape index (κ3) is 2.16. The van der Waals surface area contributed by atoms with Crippen molar-refractivity contribution in [1.29, 1.82) is 0 Å². The summed E-state index contributed by atoms with van der Waals surface area (Å²) < 4.78 is 1.73. The quantitative estimate of drug-likeness (QED) is 0.787. The minimum Gasteiger partial charge on any atom is -0.294 e. The van der Waals surface area contributed by atoms with Crippen LogP contribution in [-0.4, -0.2) is 15.6 Å². The van der Waals surface area contributed by atoms with Crippen molar-refractivity contribution in [2.45, 2.75) is 58.8 Å². The van der Waals surface area contributed by atoms with Gasteiger partial charge in [-0.3, -0.25) is 9.48 Å². The molecular formula is C18H26N2O. The van der Waals surface area contributed by atoms with Crippen molar-refractivity contribution in [2.75, 3.05) is 0 Å². The van der Waals surface area contributed by atoms with Gasteiger partial charge < -0.3 is 0 Å². The van der Waals surface area contributed by atoms with E-state index in [9.17, 15) is 4.79 Å². The van der Waals surface area contributed by atoms with E-state index in [-0.39, 0.29) is 5.41 Å². The van der Waals surface area contributed by atoms with Crippen LogP contribution < -0.4 is 0 Å². The van der Waals surface area contributed by atoms with Crippen molar-refractivity contribution in [3.05, 3.63) is 18.0 Å². The Morgan fingerprint density at radius 3 is 2.43 bits per heavy atom. The van der Waals surface area contributed by atoms with Crippen molar-refractivity contribution in [3.8, 4) is 0 Å². The molecule has 1 aromatic rings. The molecule has 0 saturated heterocycles. The van der Waals surface area contributed by atoms with E-state index in [4.69, 9.17) is 0 Å². The van der Waals surface area contributed by atoms with Crippen LogP contribution in [0.15, 0.2) is 12.4 Å². The number of hydrogen-bond donors (Lipinski definition) is 0. The summed E-state index contributed by atoms with van der Waals surface area (Å²) in [6, 6.07) is 0. The van der Waals surface area contributed by atoms with Crippen LogP contribution >= 0.6 is 0 Å². The first-order valence-electron chi connectivity index (χ1n) is 8.31. The molecule has 1 heterocycles. The summed E-state index contributed by atoms with van der Waals surface area (Å²) in [5.74, 6) is 1.16. The maximum atomic E-state index is 12.7. The lowest BCUT2D eigenvalue weighted by atomic mass is 9.39. The molecule has 4 fully saturated rings. The minimum absolute atomic E-state index is 0.274. The smallest absolute Gasteiger partial charge is 0.166 e. The fourth-order valence-corrected chi connectivity index (χ4v) is 6.89. The number of aryl methyl sites for hydroxylation is 1. The average molecular weight is 286 g/mol. The number of nitrogens with zero attached hydrogens (tertiary/aromatic N) is 2. The lowest BCUT2D eigenvalue weighted by Gasteiger charge is -2.65. The van der Waals surface area contributed by atoms with Gasteiger partial charge in [-0.2, -0.15) is 5.10 Å². The van der Waals surface area contributed by atoms with Crippen LogP contribution in [0.2, 0.25) is 0 Å². The standard InChI is InChI=1S/C18H26N2O/c1-16-4-13-5-17(2,10-16)12-18(6-13,11-16)7-15(21)14-8-19-20(3)9-14/h8-9,13H,4-7,10-12H2,1-3H3. The SMILES string of the molecule is Cn1cc(C(=O)CC23CC4CC(C)(CC(C)(C4)C2)C3)cn1. The highest BCUT2D eigenvalue weighted by Crippen LogP contribution is 2.70. The number of hydrogen-bond acceptors (Lipinski definition) is 2. The molecule has 5 rings (SSSR count). The number of ketones is 1. The van der Waals surface area contributed by atoms with Crippen LogP contribution in [0.1, 0.15) is 69.2 Å². The molecule has 0 N–H and O–H groups in total. The van der Waals surface area contributed by atoms with Gasteiger partial charge in [0.05, 0.1) is 11.8 Å². The van der Waals surface area contributed by atoms with Crippen molar-refractivity contribution in [2.24, 2.45) is 29.2 Å². The highest BCUT2D eigenvalue weighted by atomic mass is 16.1. The summed E-state index contributed by atoms with van der Waals surface area (Å²) in [6.45, 7) is 4.94. The van der Waals surface area contributed by atoms with Gasteiger partial charge in [0.2, 0.25) is 0 Å². The molecule has 21 heavy (non-hydrogen) atoms. The first-order chi connectivity index (χ1) is 9.79. The van der Waals surface area contributed by atoms with E-state index in [1.807, 2.05) is 13.2 Å². The molecule has 2 unspecified atom stereocenters. The van der Waals surface area contributed by atoms with Crippen molar-refractivity contribution in [1.82, 2.24) is 9.78 Å². The summed E-state index contributed by atoms with van der Waals surface area (Å²) in [5.41, 5.74) is 2.05. The Morgan fingerprint density at radius 2 is 1.90 bits per heavy atom. The van der Waals surface area contributed by atoms with E-state index in [2.05, 4.69) is 18.9 Å². The maximum absolute atomic E-state index is 12.7. The molecule has 114 valence electrons. The van der Waals surface area contributed by atoms with Crippen LogP contribution in [0.4, 0.5) is 0 Å². The van der Waals surface area contributed by atoms with Gasteiger partial charge in [-0.15, -0.1) is 0 Å². The van der Waals surface area contributed by atoms with Crippen LogP contribution in [0.3, 0.4) is 0 Å². The van der Waals surface area contributed by atoms with E-state index >= 15 is 0 Å². The summed E-state index contributed by atoms with van der Waals surface area (Å²) >= 11 is 0. The Hall–Kier alpha value is -1.12. The van der Waals surface area contributed by atoms with Crippen molar-refractivity contribution >= 4 is 5.78 Å². The van der Waals surface area contributed by atoms with Crippen LogP contribution in [0, 0.1) is 22.2 Å². The summed E-state index contributed by atoms with van der Waals surface area (Å²) in [5, 5.41) is 4.16. The zero-order valence-corrected chi connectivity index (χ0v) is 13.5. The highest BCUT2D eigenvalue weighted by Gasteiger charge is 2.60. The minimum atomic E-state index is 0.274. The van der Waals surface area contributed by atoms with E-state index in [1.165, 1.54) is 38.5 Å². The molecule has 0 amide bonds. The largest absolute Gasteiger partial charge is 0.294 e. The predicted octanol–water partition coefficient (Wildman–Crippen LogP) is 3.99. The van der Waals surface area contributed by atoms with Gasteiger partial charge in [0.15, 0.2) is 5.78 Å². The van der Waals surface area contributed by atoms with E-state index < -0.39 is 0 Å². The maximum Gasteiger partial charge on any atom is 0.166 e. The summed E-state index contributed by atoms with van der Waals surface area (Å²) in [6.07, 6.45) is 12.3. The molecule has 1 aromatic heterocycles. The Labute approximate surface area is 127 Å². The third-order valence-electron chi connectivity index (χ3n) is 6.30. The molecule has 0 aliphatic heterocycles. The number of rotatable bonds is 3. The van der Waals surface area contributed by atoms with Crippen LogP contribution in [0.25, 0.3) is 0 Å². The molecule has 4 saturated carbocycles. The molecule has 0 aromatic carbocycles. The molecule has 4 aliphatic carbocycles. The lowest BCUT2D eigenvalue weighted by Crippen LogP contribution is -2.55. The Morgan fingerprint density at radius 1 is 1.24 bits per heavy atom. The molecule has 2 atom stereocenters. The topological polar surface area (TPSA) is 34.9 Å². The Balaban J connectivity index is 1.61. The van der Waals surface area contributed by atoms with Gasteiger partial charge in [-0.1, -0.05) is 13.8 Å². The fourth-order valence-electron chi connectivity index (χ4n) is 6.89. The molecular weight excluding hydrogens is 260 g/mol. The molecule has 0 radical (unpaired) electrons. The van der Waals surface area contributed by atoms with Gasteiger partial charge in [-0.05, 0) is 60.7 Å². The van der Waals surface area contributed by atoms with Crippen molar-refractivity contribution < 1.29 is 4.79 Å². The normalized spacial score (nSPS) is 44.2. The highest BCUT2D eigenvalue weighted by molar-refractivity contribution is 5.96.